The van der Waals surface area contributed by atoms with Crippen LogP contribution in [0.1, 0.15) is 31.7 Å². The van der Waals surface area contributed by atoms with Crippen molar-refractivity contribution in [1.29, 1.82) is 0 Å². The SMILES string of the molecule is CC(C)(O)[C@H]1C=CC[C@@H](c2ccccc2)[C@@H]1O. The number of benzene rings is 1. The van der Waals surface area contributed by atoms with Crippen LogP contribution in [0.3, 0.4) is 0 Å². The molecule has 0 fully saturated rings. The third-order valence-corrected chi connectivity index (χ3v) is 3.56. The van der Waals surface area contributed by atoms with Crippen molar-refractivity contribution in [3.05, 3.63) is 48.0 Å². The van der Waals surface area contributed by atoms with Crippen molar-refractivity contribution in [1.82, 2.24) is 0 Å². The molecule has 2 heteroatoms. The number of rotatable bonds is 2. The zero-order valence-electron chi connectivity index (χ0n) is 10.4. The van der Waals surface area contributed by atoms with E-state index in [0.29, 0.717) is 0 Å². The fourth-order valence-electron chi connectivity index (χ4n) is 2.56. The zero-order chi connectivity index (χ0) is 12.5. The highest BCUT2D eigenvalue weighted by Crippen LogP contribution is 2.37. The van der Waals surface area contributed by atoms with Crippen LogP contribution in [0, 0.1) is 5.92 Å². The fraction of sp³-hybridized carbons (Fsp3) is 0.467. The van der Waals surface area contributed by atoms with Crippen LogP contribution >= 0.6 is 0 Å². The van der Waals surface area contributed by atoms with Gasteiger partial charge in [-0.1, -0.05) is 42.5 Å². The van der Waals surface area contributed by atoms with E-state index in [1.165, 1.54) is 0 Å². The minimum absolute atomic E-state index is 0.0811. The second-order valence-corrected chi connectivity index (χ2v) is 5.35. The van der Waals surface area contributed by atoms with Gasteiger partial charge in [0.25, 0.3) is 0 Å². The van der Waals surface area contributed by atoms with Crippen LogP contribution in [0.4, 0.5) is 0 Å². The highest BCUT2D eigenvalue weighted by atomic mass is 16.3. The molecular weight excluding hydrogens is 212 g/mol. The summed E-state index contributed by atoms with van der Waals surface area (Å²) < 4.78 is 0. The second-order valence-electron chi connectivity index (χ2n) is 5.35. The van der Waals surface area contributed by atoms with Crippen molar-refractivity contribution in [2.45, 2.75) is 37.9 Å². The number of hydrogen-bond acceptors (Lipinski definition) is 2. The molecule has 92 valence electrons. The third kappa shape index (κ3) is 2.59. The molecule has 0 saturated heterocycles. The predicted octanol–water partition coefficient (Wildman–Crippen LogP) is 2.48. The number of allylic oxidation sites excluding steroid dienone is 1. The summed E-state index contributed by atoms with van der Waals surface area (Å²) in [5, 5.41) is 20.5. The molecule has 0 bridgehead atoms. The monoisotopic (exact) mass is 232 g/mol. The van der Waals surface area contributed by atoms with Gasteiger partial charge in [-0.25, -0.2) is 0 Å². The van der Waals surface area contributed by atoms with Crippen molar-refractivity contribution in [2.24, 2.45) is 5.92 Å². The average molecular weight is 232 g/mol. The van der Waals surface area contributed by atoms with E-state index in [-0.39, 0.29) is 11.8 Å². The molecule has 17 heavy (non-hydrogen) atoms. The highest BCUT2D eigenvalue weighted by molar-refractivity contribution is 5.25. The molecule has 1 aliphatic carbocycles. The molecule has 0 aromatic heterocycles. The molecule has 0 aliphatic heterocycles. The predicted molar refractivity (Wildman–Crippen MR) is 68.7 cm³/mol. The molecule has 1 aromatic rings. The Morgan fingerprint density at radius 2 is 1.82 bits per heavy atom. The Morgan fingerprint density at radius 3 is 2.41 bits per heavy atom. The Labute approximate surface area is 103 Å². The van der Waals surface area contributed by atoms with E-state index in [4.69, 9.17) is 0 Å². The summed E-state index contributed by atoms with van der Waals surface area (Å²) >= 11 is 0. The van der Waals surface area contributed by atoms with Crippen LogP contribution in [0.5, 0.6) is 0 Å². The van der Waals surface area contributed by atoms with Gasteiger partial charge >= 0.3 is 0 Å². The number of hydrogen-bond donors (Lipinski definition) is 2. The maximum absolute atomic E-state index is 10.4. The first-order valence-corrected chi connectivity index (χ1v) is 6.12. The van der Waals surface area contributed by atoms with Crippen molar-refractivity contribution in [3.8, 4) is 0 Å². The van der Waals surface area contributed by atoms with E-state index < -0.39 is 11.7 Å². The molecule has 2 rings (SSSR count). The maximum Gasteiger partial charge on any atom is 0.0701 e. The van der Waals surface area contributed by atoms with Crippen molar-refractivity contribution >= 4 is 0 Å². The molecule has 0 amide bonds. The minimum atomic E-state index is -0.886. The Bertz CT molecular complexity index is 389. The van der Waals surface area contributed by atoms with Crippen molar-refractivity contribution < 1.29 is 10.2 Å². The number of aliphatic hydroxyl groups is 2. The van der Waals surface area contributed by atoms with Crippen LogP contribution in [-0.2, 0) is 0 Å². The quantitative estimate of drug-likeness (QED) is 0.769. The van der Waals surface area contributed by atoms with Gasteiger partial charge < -0.3 is 10.2 Å². The molecule has 0 spiro atoms. The van der Waals surface area contributed by atoms with Gasteiger partial charge in [0.1, 0.15) is 0 Å². The Morgan fingerprint density at radius 1 is 1.18 bits per heavy atom. The van der Waals surface area contributed by atoms with Gasteiger partial charge in [0, 0.05) is 11.8 Å². The molecule has 3 atom stereocenters. The third-order valence-electron chi connectivity index (χ3n) is 3.56. The molecule has 1 aromatic carbocycles. The highest BCUT2D eigenvalue weighted by Gasteiger charge is 2.37. The van der Waals surface area contributed by atoms with Crippen LogP contribution in [0.15, 0.2) is 42.5 Å². The summed E-state index contributed by atoms with van der Waals surface area (Å²) in [4.78, 5) is 0. The lowest BCUT2D eigenvalue weighted by molar-refractivity contribution is -0.0367. The molecule has 0 heterocycles. The number of aliphatic hydroxyl groups excluding tert-OH is 1. The molecular formula is C15H20O2. The van der Waals surface area contributed by atoms with Gasteiger partial charge in [0.2, 0.25) is 0 Å². The van der Waals surface area contributed by atoms with E-state index >= 15 is 0 Å². The van der Waals surface area contributed by atoms with Gasteiger partial charge in [0.05, 0.1) is 11.7 Å². The molecule has 0 unspecified atom stereocenters. The topological polar surface area (TPSA) is 40.5 Å². The van der Waals surface area contributed by atoms with Gasteiger partial charge in [-0.3, -0.25) is 0 Å². The van der Waals surface area contributed by atoms with Gasteiger partial charge in [0.15, 0.2) is 0 Å². The summed E-state index contributed by atoms with van der Waals surface area (Å²) in [5.74, 6) is -0.126. The van der Waals surface area contributed by atoms with Gasteiger partial charge in [-0.15, -0.1) is 0 Å². The van der Waals surface area contributed by atoms with E-state index in [1.807, 2.05) is 36.4 Å². The van der Waals surface area contributed by atoms with Crippen LogP contribution < -0.4 is 0 Å². The Hall–Kier alpha value is -1.12. The summed E-state index contributed by atoms with van der Waals surface area (Å²) in [6, 6.07) is 10.0. The Kier molecular flexibility index (Phi) is 3.36. The average Bonchev–Trinajstić information content (AvgIpc) is 2.29. The first-order valence-electron chi connectivity index (χ1n) is 6.12. The molecule has 0 saturated carbocycles. The van der Waals surface area contributed by atoms with Crippen LogP contribution in [0.25, 0.3) is 0 Å². The Balaban J connectivity index is 2.25. The maximum atomic E-state index is 10.4. The summed E-state index contributed by atoms with van der Waals surface area (Å²) in [5.41, 5.74) is 0.252. The first-order chi connectivity index (χ1) is 8.00. The minimum Gasteiger partial charge on any atom is -0.392 e. The molecule has 1 aliphatic rings. The standard InChI is InChI=1S/C15H20O2/c1-15(2,17)13-10-6-9-12(14(13)16)11-7-4-3-5-8-11/h3-8,10,12-14,16-17H,9H2,1-2H3/t12-,13-,14-/m0/s1. The van der Waals surface area contributed by atoms with Gasteiger partial charge in [-0.05, 0) is 25.8 Å². The van der Waals surface area contributed by atoms with Gasteiger partial charge in [-0.2, -0.15) is 0 Å². The lowest BCUT2D eigenvalue weighted by atomic mass is 9.73. The summed E-state index contributed by atoms with van der Waals surface area (Å²) in [7, 11) is 0. The normalized spacial score (nSPS) is 29.3. The van der Waals surface area contributed by atoms with Crippen LogP contribution in [-0.4, -0.2) is 21.9 Å². The second kappa shape index (κ2) is 4.63. The van der Waals surface area contributed by atoms with Crippen LogP contribution in [0.2, 0.25) is 0 Å². The largest absolute Gasteiger partial charge is 0.392 e. The smallest absolute Gasteiger partial charge is 0.0701 e. The molecule has 2 nitrogen and oxygen atoms in total. The van der Waals surface area contributed by atoms with E-state index in [2.05, 4.69) is 6.08 Å². The first kappa shape index (κ1) is 12.3. The molecule has 2 N–H and O–H groups in total. The summed E-state index contributed by atoms with van der Waals surface area (Å²) in [6.07, 6.45) is 4.30. The van der Waals surface area contributed by atoms with E-state index in [0.717, 1.165) is 12.0 Å². The van der Waals surface area contributed by atoms with Crippen molar-refractivity contribution in [3.63, 3.8) is 0 Å². The van der Waals surface area contributed by atoms with E-state index in [9.17, 15) is 10.2 Å². The fourth-order valence-corrected chi connectivity index (χ4v) is 2.56. The summed E-state index contributed by atoms with van der Waals surface area (Å²) in [6.45, 7) is 3.50. The molecule has 0 radical (unpaired) electrons. The zero-order valence-corrected chi connectivity index (χ0v) is 10.4. The van der Waals surface area contributed by atoms with Crippen molar-refractivity contribution in [2.75, 3.05) is 0 Å². The lowest BCUT2D eigenvalue weighted by Crippen LogP contribution is -2.42. The lowest BCUT2D eigenvalue weighted by Gasteiger charge is -2.38. The van der Waals surface area contributed by atoms with E-state index in [1.54, 1.807) is 13.8 Å².